The molecule has 16 heavy (non-hydrogen) atoms. The topological polar surface area (TPSA) is 77.2 Å². The summed E-state index contributed by atoms with van der Waals surface area (Å²) >= 11 is 0. The summed E-state index contributed by atoms with van der Waals surface area (Å²) in [5.74, 6) is -0.194. The zero-order valence-corrected chi connectivity index (χ0v) is 11.1. The van der Waals surface area contributed by atoms with E-state index >= 15 is 0 Å². The maximum atomic E-state index is 11.8. The van der Waals surface area contributed by atoms with Gasteiger partial charge in [-0.15, -0.1) is 0 Å². The van der Waals surface area contributed by atoms with Crippen molar-refractivity contribution in [3.05, 3.63) is 0 Å². The molecule has 2 N–H and O–H groups in total. The van der Waals surface area contributed by atoms with Crippen LogP contribution in [0.5, 0.6) is 0 Å². The summed E-state index contributed by atoms with van der Waals surface area (Å²) in [6.07, 6.45) is 2.41. The predicted molar refractivity (Wildman–Crippen MR) is 63.9 cm³/mol. The van der Waals surface area contributed by atoms with Crippen molar-refractivity contribution in [1.29, 1.82) is 0 Å². The summed E-state index contributed by atoms with van der Waals surface area (Å²) < 4.78 is 22.8. The number of nitrogens with two attached hydrogens (primary N) is 1. The molecule has 0 aromatic carbocycles. The Kier molecular flexibility index (Phi) is 3.50. The molecular formula is C11H21NO3S. The minimum atomic E-state index is -3.21. The molecule has 0 amide bonds. The fourth-order valence-corrected chi connectivity index (χ4v) is 2.69. The van der Waals surface area contributed by atoms with E-state index in [1.807, 2.05) is 0 Å². The fraction of sp³-hybridized carbons (Fsp3) is 0.909. The molecule has 1 aliphatic carbocycles. The van der Waals surface area contributed by atoms with Crippen LogP contribution >= 0.6 is 0 Å². The molecule has 0 saturated heterocycles. The highest BCUT2D eigenvalue weighted by Crippen LogP contribution is 2.31. The van der Waals surface area contributed by atoms with Crippen LogP contribution in [0.3, 0.4) is 0 Å². The van der Waals surface area contributed by atoms with Crippen molar-refractivity contribution in [1.82, 2.24) is 0 Å². The molecule has 5 heteroatoms. The third-order valence-corrected chi connectivity index (χ3v) is 5.94. The van der Waals surface area contributed by atoms with Crippen molar-refractivity contribution >= 4 is 15.6 Å². The second-order valence-electron chi connectivity index (χ2n) is 5.61. The van der Waals surface area contributed by atoms with E-state index in [0.717, 1.165) is 6.42 Å². The van der Waals surface area contributed by atoms with Gasteiger partial charge >= 0.3 is 0 Å². The normalized spacial score (nSPS) is 20.2. The number of rotatable bonds is 4. The highest BCUT2D eigenvalue weighted by molar-refractivity contribution is 7.92. The highest BCUT2D eigenvalue weighted by Gasteiger charge is 2.40. The minimum absolute atomic E-state index is 0.0517. The van der Waals surface area contributed by atoms with E-state index in [-0.39, 0.29) is 18.0 Å². The van der Waals surface area contributed by atoms with E-state index in [4.69, 9.17) is 5.73 Å². The van der Waals surface area contributed by atoms with E-state index in [2.05, 4.69) is 0 Å². The molecule has 1 fully saturated rings. The molecule has 94 valence electrons. The summed E-state index contributed by atoms with van der Waals surface area (Å²) in [7, 11) is -3.21. The SMILES string of the molecule is CC(C)(C)S(=O)(=O)CCC(=O)C1(N)CCC1. The van der Waals surface area contributed by atoms with Crippen LogP contribution in [0.1, 0.15) is 46.5 Å². The van der Waals surface area contributed by atoms with Gasteiger partial charge < -0.3 is 5.73 Å². The monoisotopic (exact) mass is 247 g/mol. The fourth-order valence-electron chi connectivity index (χ4n) is 1.62. The van der Waals surface area contributed by atoms with Crippen LogP contribution in [-0.2, 0) is 14.6 Å². The number of carbonyl (C=O) groups is 1. The molecule has 0 atom stereocenters. The standard InChI is InChI=1S/C11H21NO3S/c1-10(2,3)16(14,15)8-5-9(13)11(12)6-4-7-11/h4-8,12H2,1-3H3. The molecular weight excluding hydrogens is 226 g/mol. The molecule has 0 aromatic rings. The molecule has 1 rings (SSSR count). The Morgan fingerprint density at radius 1 is 1.31 bits per heavy atom. The summed E-state index contributed by atoms with van der Waals surface area (Å²) in [6.45, 7) is 4.94. The minimum Gasteiger partial charge on any atom is -0.319 e. The van der Waals surface area contributed by atoms with Gasteiger partial charge in [-0.1, -0.05) is 0 Å². The Labute approximate surface area is 97.5 Å². The maximum Gasteiger partial charge on any atom is 0.155 e. The quantitative estimate of drug-likeness (QED) is 0.805. The van der Waals surface area contributed by atoms with Gasteiger partial charge in [0.2, 0.25) is 0 Å². The van der Waals surface area contributed by atoms with Gasteiger partial charge in [0.05, 0.1) is 16.0 Å². The summed E-state index contributed by atoms with van der Waals surface area (Å²) in [6, 6.07) is 0. The molecule has 0 radical (unpaired) electrons. The van der Waals surface area contributed by atoms with Crippen LogP contribution in [0.4, 0.5) is 0 Å². The molecule has 0 aliphatic heterocycles. The lowest BCUT2D eigenvalue weighted by molar-refractivity contribution is -0.126. The molecule has 0 unspecified atom stereocenters. The number of hydrogen-bond donors (Lipinski definition) is 1. The predicted octanol–water partition coefficient (Wildman–Crippen LogP) is 1.04. The number of ketones is 1. The van der Waals surface area contributed by atoms with Crippen molar-refractivity contribution < 1.29 is 13.2 Å². The van der Waals surface area contributed by atoms with E-state index in [1.54, 1.807) is 20.8 Å². The van der Waals surface area contributed by atoms with Gasteiger partial charge in [0.1, 0.15) is 0 Å². The highest BCUT2D eigenvalue weighted by atomic mass is 32.2. The Hall–Kier alpha value is -0.420. The molecule has 1 aliphatic rings. The van der Waals surface area contributed by atoms with Crippen molar-refractivity contribution in [3.8, 4) is 0 Å². The summed E-state index contributed by atoms with van der Waals surface area (Å²) in [5, 5.41) is 0. The lowest BCUT2D eigenvalue weighted by atomic mass is 9.74. The Balaban J connectivity index is 2.56. The second kappa shape index (κ2) is 4.11. The first-order chi connectivity index (χ1) is 7.08. The summed E-state index contributed by atoms with van der Waals surface area (Å²) in [5.41, 5.74) is 5.11. The van der Waals surface area contributed by atoms with Crippen molar-refractivity contribution in [2.45, 2.75) is 56.7 Å². The first-order valence-corrected chi connectivity index (χ1v) is 7.28. The van der Waals surface area contributed by atoms with E-state index < -0.39 is 20.1 Å². The van der Waals surface area contributed by atoms with Gasteiger partial charge in [-0.05, 0) is 40.0 Å². The van der Waals surface area contributed by atoms with E-state index in [1.165, 1.54) is 0 Å². The molecule has 1 saturated carbocycles. The Morgan fingerprint density at radius 3 is 2.12 bits per heavy atom. The molecule has 0 spiro atoms. The van der Waals surface area contributed by atoms with Crippen molar-refractivity contribution in [2.75, 3.05) is 5.75 Å². The third-order valence-electron chi connectivity index (χ3n) is 3.33. The van der Waals surface area contributed by atoms with Gasteiger partial charge in [-0.25, -0.2) is 8.42 Å². The average molecular weight is 247 g/mol. The number of Topliss-reactive ketones (excluding diaryl/α,β-unsaturated/α-hetero) is 1. The largest absolute Gasteiger partial charge is 0.319 e. The van der Waals surface area contributed by atoms with Crippen LogP contribution in [0, 0.1) is 0 Å². The first-order valence-electron chi connectivity index (χ1n) is 5.63. The molecule has 4 nitrogen and oxygen atoms in total. The van der Waals surface area contributed by atoms with Crippen LogP contribution in [-0.4, -0.2) is 30.2 Å². The molecule has 0 aromatic heterocycles. The smallest absolute Gasteiger partial charge is 0.155 e. The van der Waals surface area contributed by atoms with Crippen molar-refractivity contribution in [3.63, 3.8) is 0 Å². The van der Waals surface area contributed by atoms with Gasteiger partial charge in [0.25, 0.3) is 0 Å². The zero-order valence-electron chi connectivity index (χ0n) is 10.2. The van der Waals surface area contributed by atoms with Gasteiger partial charge in [-0.3, -0.25) is 4.79 Å². The maximum absolute atomic E-state index is 11.8. The van der Waals surface area contributed by atoms with Crippen LogP contribution in [0.2, 0.25) is 0 Å². The number of sulfone groups is 1. The van der Waals surface area contributed by atoms with Crippen LogP contribution < -0.4 is 5.73 Å². The van der Waals surface area contributed by atoms with E-state index in [9.17, 15) is 13.2 Å². The average Bonchev–Trinajstić information content (AvgIpc) is 2.08. The zero-order chi connectivity index (χ0) is 12.6. The van der Waals surface area contributed by atoms with E-state index in [0.29, 0.717) is 12.8 Å². The molecule has 0 heterocycles. The Morgan fingerprint density at radius 2 is 1.81 bits per heavy atom. The van der Waals surface area contributed by atoms with Crippen LogP contribution in [0.15, 0.2) is 0 Å². The second-order valence-corrected chi connectivity index (χ2v) is 8.48. The summed E-state index contributed by atoms with van der Waals surface area (Å²) in [4.78, 5) is 11.7. The van der Waals surface area contributed by atoms with Gasteiger partial charge in [0, 0.05) is 6.42 Å². The van der Waals surface area contributed by atoms with Crippen molar-refractivity contribution in [2.24, 2.45) is 5.73 Å². The van der Waals surface area contributed by atoms with Gasteiger partial charge in [0.15, 0.2) is 15.6 Å². The Bertz CT molecular complexity index is 375. The van der Waals surface area contributed by atoms with Gasteiger partial charge in [-0.2, -0.15) is 0 Å². The first kappa shape index (κ1) is 13.6. The van der Waals surface area contributed by atoms with Crippen LogP contribution in [0.25, 0.3) is 0 Å². The number of carbonyl (C=O) groups excluding carboxylic acids is 1. The lowest BCUT2D eigenvalue weighted by Gasteiger charge is -2.36. The number of hydrogen-bond acceptors (Lipinski definition) is 4. The molecule has 0 bridgehead atoms. The lowest BCUT2D eigenvalue weighted by Crippen LogP contribution is -2.54. The third kappa shape index (κ3) is 2.63.